The maximum atomic E-state index is 11.2. The van der Waals surface area contributed by atoms with E-state index in [1.807, 2.05) is 12.1 Å². The summed E-state index contributed by atoms with van der Waals surface area (Å²) in [6.07, 6.45) is 3.18. The van der Waals surface area contributed by atoms with Gasteiger partial charge >= 0.3 is 0 Å². The Balaban J connectivity index is 2.24. The predicted octanol–water partition coefficient (Wildman–Crippen LogP) is 3.48. The molecule has 5 heteroatoms. The molecule has 0 saturated heterocycles. The maximum Gasteiger partial charge on any atom is 0.161 e. The average molecular weight is 265 g/mol. The maximum absolute atomic E-state index is 11.2. The van der Waals surface area contributed by atoms with Crippen molar-refractivity contribution in [1.29, 1.82) is 0 Å². The van der Waals surface area contributed by atoms with Gasteiger partial charge in [0.1, 0.15) is 11.4 Å². The van der Waals surface area contributed by atoms with E-state index >= 15 is 0 Å². The lowest BCUT2D eigenvalue weighted by atomic mass is 10.1. The van der Waals surface area contributed by atoms with Gasteiger partial charge in [-0.2, -0.15) is 0 Å². The summed E-state index contributed by atoms with van der Waals surface area (Å²) in [6, 6.07) is 7.17. The molecule has 1 aromatic heterocycles. The Morgan fingerprint density at radius 1 is 1.35 bits per heavy atom. The normalized spacial score (nSPS) is 10.2. The number of carbonyl (C=O) groups excluding carboxylic acids is 1. The molecule has 0 fully saturated rings. The molecule has 1 heterocycles. The molecule has 0 aliphatic carbocycles. The molecule has 0 saturated carbocycles. The van der Waals surface area contributed by atoms with E-state index in [9.17, 15) is 4.79 Å². The summed E-state index contributed by atoms with van der Waals surface area (Å²) in [5, 5.41) is 1.31. The van der Waals surface area contributed by atoms with Gasteiger partial charge in [-0.25, -0.2) is 9.97 Å². The van der Waals surface area contributed by atoms with Crippen LogP contribution in [0.15, 0.2) is 46.7 Å². The van der Waals surface area contributed by atoms with Crippen molar-refractivity contribution in [2.75, 3.05) is 0 Å². The van der Waals surface area contributed by atoms with Gasteiger partial charge in [0, 0.05) is 16.7 Å². The van der Waals surface area contributed by atoms with Gasteiger partial charge in [0.05, 0.1) is 5.02 Å². The van der Waals surface area contributed by atoms with Gasteiger partial charge in [-0.3, -0.25) is 4.79 Å². The number of hydrogen-bond donors (Lipinski definition) is 0. The minimum absolute atomic E-state index is 0.0337. The lowest BCUT2D eigenvalue weighted by Crippen LogP contribution is -1.93. The topological polar surface area (TPSA) is 42.9 Å². The Morgan fingerprint density at radius 2 is 2.18 bits per heavy atom. The van der Waals surface area contributed by atoms with E-state index in [2.05, 4.69) is 9.97 Å². The van der Waals surface area contributed by atoms with E-state index in [1.54, 1.807) is 18.3 Å². The summed E-state index contributed by atoms with van der Waals surface area (Å²) in [5.74, 6) is -0.0337. The predicted molar refractivity (Wildman–Crippen MR) is 67.6 cm³/mol. The van der Waals surface area contributed by atoms with Crippen LogP contribution in [-0.2, 0) is 0 Å². The van der Waals surface area contributed by atoms with Gasteiger partial charge in [-0.15, -0.1) is 0 Å². The molecule has 0 N–H and O–H groups in total. The van der Waals surface area contributed by atoms with Gasteiger partial charge in [0.25, 0.3) is 0 Å². The number of rotatable bonds is 3. The second-order valence-electron chi connectivity index (χ2n) is 3.35. The highest BCUT2D eigenvalue weighted by molar-refractivity contribution is 7.99. The summed E-state index contributed by atoms with van der Waals surface area (Å²) in [4.78, 5) is 20.1. The number of benzene rings is 1. The van der Waals surface area contributed by atoms with Crippen molar-refractivity contribution in [2.24, 2.45) is 0 Å². The summed E-state index contributed by atoms with van der Waals surface area (Å²) in [6.45, 7) is 1.50. The van der Waals surface area contributed by atoms with Crippen LogP contribution < -0.4 is 0 Å². The van der Waals surface area contributed by atoms with E-state index in [0.717, 1.165) is 9.92 Å². The van der Waals surface area contributed by atoms with Crippen LogP contribution in [0.25, 0.3) is 0 Å². The van der Waals surface area contributed by atoms with Crippen molar-refractivity contribution in [2.45, 2.75) is 16.8 Å². The van der Waals surface area contributed by atoms with Crippen molar-refractivity contribution in [3.8, 4) is 0 Å². The van der Waals surface area contributed by atoms with Crippen LogP contribution in [-0.4, -0.2) is 15.8 Å². The van der Waals surface area contributed by atoms with Gasteiger partial charge < -0.3 is 0 Å². The van der Waals surface area contributed by atoms with Crippen molar-refractivity contribution >= 4 is 29.1 Å². The molecule has 17 heavy (non-hydrogen) atoms. The molecular formula is C12H9ClN2OS. The van der Waals surface area contributed by atoms with Crippen molar-refractivity contribution in [3.05, 3.63) is 47.4 Å². The van der Waals surface area contributed by atoms with Gasteiger partial charge in [0.2, 0.25) is 0 Å². The lowest BCUT2D eigenvalue weighted by Gasteiger charge is -2.03. The molecule has 0 aliphatic heterocycles. The molecular weight excluding hydrogens is 256 g/mol. The highest BCUT2D eigenvalue weighted by atomic mass is 35.5. The van der Waals surface area contributed by atoms with E-state index in [4.69, 9.17) is 11.6 Å². The Bertz CT molecular complexity index is 545. The first-order valence-electron chi connectivity index (χ1n) is 4.91. The van der Waals surface area contributed by atoms with Crippen LogP contribution >= 0.6 is 23.4 Å². The van der Waals surface area contributed by atoms with Crippen LogP contribution in [0.4, 0.5) is 0 Å². The zero-order chi connectivity index (χ0) is 12.3. The number of aromatic nitrogens is 2. The third-order valence-electron chi connectivity index (χ3n) is 2.10. The standard InChI is InChI=1S/C12H9ClN2OS/c1-8(16)10-3-2-9(6-11(10)13)17-12-4-5-14-7-15-12/h2-7H,1H3. The number of nitrogens with zero attached hydrogens (tertiary/aromatic N) is 2. The van der Waals surface area contributed by atoms with Crippen LogP contribution in [0, 0.1) is 0 Å². The number of carbonyl (C=O) groups is 1. The molecule has 3 nitrogen and oxygen atoms in total. The third-order valence-corrected chi connectivity index (χ3v) is 3.35. The molecule has 2 rings (SSSR count). The second kappa shape index (κ2) is 5.29. The molecule has 0 unspecified atom stereocenters. The largest absolute Gasteiger partial charge is 0.294 e. The van der Waals surface area contributed by atoms with Crippen molar-refractivity contribution in [3.63, 3.8) is 0 Å². The fraction of sp³-hybridized carbons (Fsp3) is 0.0833. The fourth-order valence-electron chi connectivity index (χ4n) is 1.30. The minimum Gasteiger partial charge on any atom is -0.294 e. The first-order chi connectivity index (χ1) is 8.16. The highest BCUT2D eigenvalue weighted by Gasteiger charge is 2.07. The summed E-state index contributed by atoms with van der Waals surface area (Å²) >= 11 is 7.50. The van der Waals surface area contributed by atoms with Gasteiger partial charge in [-0.05, 0) is 31.2 Å². The van der Waals surface area contributed by atoms with Gasteiger partial charge in [-0.1, -0.05) is 23.4 Å². The Hall–Kier alpha value is -1.39. The van der Waals surface area contributed by atoms with Crippen LogP contribution in [0.2, 0.25) is 5.02 Å². The van der Waals surface area contributed by atoms with Crippen molar-refractivity contribution < 1.29 is 4.79 Å². The summed E-state index contributed by atoms with van der Waals surface area (Å²) < 4.78 is 0. The van der Waals surface area contributed by atoms with Crippen LogP contribution in [0.1, 0.15) is 17.3 Å². The summed E-state index contributed by atoms with van der Waals surface area (Å²) in [5.41, 5.74) is 0.540. The Morgan fingerprint density at radius 3 is 2.76 bits per heavy atom. The molecule has 86 valence electrons. The fourth-order valence-corrected chi connectivity index (χ4v) is 2.47. The van der Waals surface area contributed by atoms with Crippen molar-refractivity contribution in [1.82, 2.24) is 9.97 Å². The average Bonchev–Trinajstić information content (AvgIpc) is 2.30. The molecule has 0 aliphatic rings. The smallest absolute Gasteiger partial charge is 0.161 e. The van der Waals surface area contributed by atoms with Crippen LogP contribution in [0.5, 0.6) is 0 Å². The zero-order valence-electron chi connectivity index (χ0n) is 9.05. The minimum atomic E-state index is -0.0337. The Labute approximate surface area is 108 Å². The van der Waals surface area contributed by atoms with E-state index < -0.39 is 0 Å². The van der Waals surface area contributed by atoms with E-state index in [1.165, 1.54) is 25.0 Å². The van der Waals surface area contributed by atoms with E-state index in [0.29, 0.717) is 10.6 Å². The molecule has 1 aromatic carbocycles. The molecule has 0 atom stereocenters. The lowest BCUT2D eigenvalue weighted by molar-refractivity contribution is 0.101. The SMILES string of the molecule is CC(=O)c1ccc(Sc2ccncn2)cc1Cl. The van der Waals surface area contributed by atoms with E-state index in [-0.39, 0.29) is 5.78 Å². The molecule has 0 amide bonds. The number of Topliss-reactive ketones (excluding diaryl/α,β-unsaturated/α-hetero) is 1. The number of halogens is 1. The summed E-state index contributed by atoms with van der Waals surface area (Å²) in [7, 11) is 0. The first kappa shape index (κ1) is 12.1. The molecule has 2 aromatic rings. The molecule has 0 spiro atoms. The monoisotopic (exact) mass is 264 g/mol. The van der Waals surface area contributed by atoms with Crippen LogP contribution in [0.3, 0.4) is 0 Å². The van der Waals surface area contributed by atoms with Gasteiger partial charge in [0.15, 0.2) is 5.78 Å². The first-order valence-corrected chi connectivity index (χ1v) is 6.10. The number of ketones is 1. The molecule has 0 radical (unpaired) electrons. The quantitative estimate of drug-likeness (QED) is 0.629. The number of hydrogen-bond acceptors (Lipinski definition) is 4. The zero-order valence-corrected chi connectivity index (χ0v) is 10.6. The highest BCUT2D eigenvalue weighted by Crippen LogP contribution is 2.29. The Kier molecular flexibility index (Phi) is 3.76. The third kappa shape index (κ3) is 3.05. The second-order valence-corrected chi connectivity index (χ2v) is 4.85. The molecule has 0 bridgehead atoms.